The lowest BCUT2D eigenvalue weighted by atomic mass is 9.94. The lowest BCUT2D eigenvalue weighted by Gasteiger charge is -2.42. The van der Waals surface area contributed by atoms with E-state index in [9.17, 15) is 18.7 Å². The molecule has 0 spiro atoms. The zero-order valence-electron chi connectivity index (χ0n) is 13.9. The number of amides is 1. The number of carbonyl (C=O) groups excluding carboxylic acids is 1. The molecule has 1 amide bonds. The molecule has 2 fully saturated rings. The predicted octanol–water partition coefficient (Wildman–Crippen LogP) is 2.27. The number of halogens is 2. The normalized spacial score (nSPS) is 20.8. The van der Waals surface area contributed by atoms with Gasteiger partial charge in [0.05, 0.1) is 6.10 Å². The fourth-order valence-electron chi connectivity index (χ4n) is 3.87. The Hall–Kier alpha value is -1.53. The fraction of sp³-hybridized carbons (Fsp3) is 0.611. The smallest absolute Gasteiger partial charge is 0.254 e. The third kappa shape index (κ3) is 3.59. The average molecular weight is 338 g/mol. The molecule has 1 saturated carbocycles. The molecule has 0 aromatic heterocycles. The molecule has 1 aliphatic carbocycles. The van der Waals surface area contributed by atoms with Gasteiger partial charge in [0.25, 0.3) is 5.91 Å². The van der Waals surface area contributed by atoms with Crippen molar-refractivity contribution in [1.29, 1.82) is 0 Å². The van der Waals surface area contributed by atoms with Crippen LogP contribution in [0, 0.1) is 17.6 Å². The van der Waals surface area contributed by atoms with Crippen molar-refractivity contribution in [3.63, 3.8) is 0 Å². The molecular weight excluding hydrogens is 314 g/mol. The van der Waals surface area contributed by atoms with E-state index in [0.717, 1.165) is 37.8 Å². The minimum atomic E-state index is -1.00. The van der Waals surface area contributed by atoms with E-state index in [0.29, 0.717) is 25.6 Å². The van der Waals surface area contributed by atoms with Crippen LogP contribution in [0.5, 0.6) is 0 Å². The van der Waals surface area contributed by atoms with Gasteiger partial charge in [-0.05, 0) is 37.0 Å². The van der Waals surface area contributed by atoms with E-state index in [1.165, 1.54) is 6.07 Å². The SMILES string of the molecule is CN(C(=O)c1ccc(F)c(F)c1)[C@@H](CN1CC(O)C1)C1CCCC1. The Morgan fingerprint density at radius 3 is 2.54 bits per heavy atom. The maximum absolute atomic E-state index is 13.4. The van der Waals surface area contributed by atoms with E-state index in [2.05, 4.69) is 4.90 Å². The molecule has 1 atom stereocenters. The number of likely N-dealkylation sites (N-methyl/N-ethyl adjacent to an activating group) is 1. The van der Waals surface area contributed by atoms with E-state index < -0.39 is 11.6 Å². The fourth-order valence-corrected chi connectivity index (χ4v) is 3.87. The van der Waals surface area contributed by atoms with Crippen molar-refractivity contribution in [2.75, 3.05) is 26.7 Å². The van der Waals surface area contributed by atoms with Crippen molar-refractivity contribution >= 4 is 5.91 Å². The highest BCUT2D eigenvalue weighted by atomic mass is 19.2. The van der Waals surface area contributed by atoms with Gasteiger partial charge in [0, 0.05) is 38.3 Å². The van der Waals surface area contributed by atoms with Gasteiger partial charge < -0.3 is 10.0 Å². The minimum absolute atomic E-state index is 0.0283. The Morgan fingerprint density at radius 2 is 1.96 bits per heavy atom. The number of likely N-dealkylation sites (tertiary alicyclic amines) is 1. The van der Waals surface area contributed by atoms with Crippen LogP contribution in [0.4, 0.5) is 8.78 Å². The van der Waals surface area contributed by atoms with Crippen LogP contribution in [0.1, 0.15) is 36.0 Å². The summed E-state index contributed by atoms with van der Waals surface area (Å²) in [6.07, 6.45) is 4.21. The number of rotatable bonds is 5. The number of hydrogen-bond acceptors (Lipinski definition) is 3. The molecule has 0 radical (unpaired) electrons. The summed E-state index contributed by atoms with van der Waals surface area (Å²) >= 11 is 0. The van der Waals surface area contributed by atoms with Gasteiger partial charge in [-0.1, -0.05) is 12.8 Å². The van der Waals surface area contributed by atoms with E-state index >= 15 is 0 Å². The van der Waals surface area contributed by atoms with Gasteiger partial charge in [-0.25, -0.2) is 8.78 Å². The molecular formula is C18H24F2N2O2. The van der Waals surface area contributed by atoms with E-state index in [-0.39, 0.29) is 23.6 Å². The first kappa shape index (κ1) is 17.3. The molecule has 132 valence electrons. The molecule has 24 heavy (non-hydrogen) atoms. The van der Waals surface area contributed by atoms with Crippen molar-refractivity contribution in [1.82, 2.24) is 9.80 Å². The van der Waals surface area contributed by atoms with E-state index in [1.807, 2.05) is 0 Å². The van der Waals surface area contributed by atoms with Gasteiger partial charge in [-0.3, -0.25) is 9.69 Å². The van der Waals surface area contributed by atoms with Gasteiger partial charge in [0.1, 0.15) is 0 Å². The van der Waals surface area contributed by atoms with Crippen molar-refractivity contribution in [2.45, 2.75) is 37.8 Å². The standard InChI is InChI=1S/C18H24F2N2O2/c1-21(18(24)13-6-7-15(19)16(20)8-13)17(12-4-2-3-5-12)11-22-9-14(23)10-22/h6-8,12,14,17,23H,2-5,9-11H2,1H3/t17-/m0/s1. The molecule has 2 aliphatic rings. The van der Waals surface area contributed by atoms with Crippen LogP contribution in [0.3, 0.4) is 0 Å². The monoisotopic (exact) mass is 338 g/mol. The molecule has 1 aromatic rings. The van der Waals surface area contributed by atoms with Crippen molar-refractivity contribution < 1.29 is 18.7 Å². The largest absolute Gasteiger partial charge is 0.390 e. The highest BCUT2D eigenvalue weighted by molar-refractivity contribution is 5.94. The topological polar surface area (TPSA) is 43.8 Å². The second-order valence-electron chi connectivity index (χ2n) is 7.03. The van der Waals surface area contributed by atoms with Gasteiger partial charge in [-0.2, -0.15) is 0 Å². The molecule has 3 rings (SSSR count). The van der Waals surface area contributed by atoms with Crippen molar-refractivity contribution in [3.05, 3.63) is 35.4 Å². The average Bonchev–Trinajstić information content (AvgIpc) is 3.06. The van der Waals surface area contributed by atoms with Gasteiger partial charge in [0.15, 0.2) is 11.6 Å². The first-order chi connectivity index (χ1) is 11.5. The molecule has 6 heteroatoms. The van der Waals surface area contributed by atoms with Gasteiger partial charge in [-0.15, -0.1) is 0 Å². The zero-order chi connectivity index (χ0) is 17.3. The summed E-state index contributed by atoms with van der Waals surface area (Å²) < 4.78 is 26.5. The molecule has 0 bridgehead atoms. The maximum Gasteiger partial charge on any atom is 0.254 e. The minimum Gasteiger partial charge on any atom is -0.390 e. The lowest BCUT2D eigenvalue weighted by molar-refractivity contribution is -0.0166. The first-order valence-electron chi connectivity index (χ1n) is 8.58. The molecule has 1 saturated heterocycles. The summed E-state index contributed by atoms with van der Waals surface area (Å²) in [7, 11) is 1.74. The van der Waals surface area contributed by atoms with Crippen molar-refractivity contribution in [2.24, 2.45) is 5.92 Å². The Kier molecular flexibility index (Phi) is 5.15. The quantitative estimate of drug-likeness (QED) is 0.896. The maximum atomic E-state index is 13.4. The predicted molar refractivity (Wildman–Crippen MR) is 86.6 cm³/mol. The van der Waals surface area contributed by atoms with Crippen LogP contribution in [-0.2, 0) is 0 Å². The summed E-state index contributed by atoms with van der Waals surface area (Å²) in [6.45, 7) is 1.99. The van der Waals surface area contributed by atoms with Crippen molar-refractivity contribution in [3.8, 4) is 0 Å². The third-order valence-corrected chi connectivity index (χ3v) is 5.31. The molecule has 1 heterocycles. The van der Waals surface area contributed by atoms with E-state index in [1.54, 1.807) is 11.9 Å². The highest BCUT2D eigenvalue weighted by Crippen LogP contribution is 2.31. The van der Waals surface area contributed by atoms with Gasteiger partial charge >= 0.3 is 0 Å². The Labute approximate surface area is 141 Å². The molecule has 0 unspecified atom stereocenters. The zero-order valence-corrected chi connectivity index (χ0v) is 13.9. The van der Waals surface area contributed by atoms with E-state index in [4.69, 9.17) is 0 Å². The number of carbonyl (C=O) groups is 1. The number of benzene rings is 1. The summed E-state index contributed by atoms with van der Waals surface area (Å²) in [5.41, 5.74) is 0.169. The summed E-state index contributed by atoms with van der Waals surface area (Å²) in [5.74, 6) is -1.82. The number of β-amino-alcohol motifs (C(OH)–C–C–N with tert-alkyl or cyclic N) is 1. The van der Waals surface area contributed by atoms with Crippen LogP contribution in [0.15, 0.2) is 18.2 Å². The van der Waals surface area contributed by atoms with Crippen LogP contribution in [0.2, 0.25) is 0 Å². The number of nitrogens with zero attached hydrogens (tertiary/aromatic N) is 2. The second-order valence-corrected chi connectivity index (χ2v) is 7.03. The molecule has 1 aliphatic heterocycles. The van der Waals surface area contributed by atoms with Crippen LogP contribution < -0.4 is 0 Å². The lowest BCUT2D eigenvalue weighted by Crippen LogP contribution is -2.57. The number of aliphatic hydroxyl groups excluding tert-OH is 1. The Bertz CT molecular complexity index is 599. The molecule has 1 aromatic carbocycles. The Balaban J connectivity index is 1.74. The number of hydrogen-bond donors (Lipinski definition) is 1. The van der Waals surface area contributed by atoms with Crippen LogP contribution in [-0.4, -0.2) is 59.6 Å². The molecule has 4 nitrogen and oxygen atoms in total. The van der Waals surface area contributed by atoms with Crippen LogP contribution in [0.25, 0.3) is 0 Å². The Morgan fingerprint density at radius 1 is 1.29 bits per heavy atom. The summed E-state index contributed by atoms with van der Waals surface area (Å²) in [4.78, 5) is 16.5. The van der Waals surface area contributed by atoms with Crippen LogP contribution >= 0.6 is 0 Å². The van der Waals surface area contributed by atoms with Gasteiger partial charge in [0.2, 0.25) is 0 Å². The first-order valence-corrected chi connectivity index (χ1v) is 8.58. The summed E-state index contributed by atoms with van der Waals surface area (Å²) in [5, 5.41) is 9.48. The highest BCUT2D eigenvalue weighted by Gasteiger charge is 2.35. The summed E-state index contributed by atoms with van der Waals surface area (Å²) in [6, 6.07) is 3.32. The second kappa shape index (κ2) is 7.15. The number of aliphatic hydroxyl groups is 1. The molecule has 1 N–H and O–H groups in total. The third-order valence-electron chi connectivity index (χ3n) is 5.31.